The van der Waals surface area contributed by atoms with Crippen LogP contribution in [0.15, 0.2) is 18.2 Å². The molecule has 0 aliphatic carbocycles. The Balaban J connectivity index is 2.21. The summed E-state index contributed by atoms with van der Waals surface area (Å²) in [5.74, 6) is -0.273. The van der Waals surface area contributed by atoms with Crippen LogP contribution in [-0.2, 0) is 16.0 Å². The van der Waals surface area contributed by atoms with Gasteiger partial charge in [0.15, 0.2) is 0 Å². The molecular formula is C21H32N2O2. The normalized spacial score (nSPS) is 18.1. The Hall–Kier alpha value is -1.84. The number of amides is 2. The van der Waals surface area contributed by atoms with Crippen molar-refractivity contribution in [2.45, 2.75) is 72.8 Å². The summed E-state index contributed by atoms with van der Waals surface area (Å²) in [6.45, 7) is 10.4. The van der Waals surface area contributed by atoms with E-state index >= 15 is 0 Å². The molecule has 1 aromatic rings. The molecule has 0 radical (unpaired) electrons. The van der Waals surface area contributed by atoms with Crippen LogP contribution in [0.25, 0.3) is 0 Å². The van der Waals surface area contributed by atoms with Gasteiger partial charge >= 0.3 is 0 Å². The average molecular weight is 344 g/mol. The molecule has 1 aliphatic heterocycles. The van der Waals surface area contributed by atoms with Crippen molar-refractivity contribution in [2.75, 3.05) is 11.9 Å². The Bertz CT molecular complexity index is 637. The highest BCUT2D eigenvalue weighted by Gasteiger charge is 2.41. The maximum absolute atomic E-state index is 13.1. The van der Waals surface area contributed by atoms with Gasteiger partial charge in [0.2, 0.25) is 11.8 Å². The first-order valence-electron chi connectivity index (χ1n) is 9.53. The van der Waals surface area contributed by atoms with Gasteiger partial charge in [-0.2, -0.15) is 0 Å². The van der Waals surface area contributed by atoms with E-state index < -0.39 is 5.41 Å². The zero-order valence-electron chi connectivity index (χ0n) is 16.3. The van der Waals surface area contributed by atoms with Gasteiger partial charge in [-0.1, -0.05) is 32.0 Å². The van der Waals surface area contributed by atoms with Crippen LogP contribution in [0.3, 0.4) is 0 Å². The molecule has 1 N–H and O–H groups in total. The van der Waals surface area contributed by atoms with Crippen LogP contribution in [0, 0.1) is 12.3 Å². The van der Waals surface area contributed by atoms with E-state index in [1.165, 1.54) is 0 Å². The molecule has 4 heteroatoms. The number of anilines is 1. The third-order valence-corrected chi connectivity index (χ3v) is 5.44. The summed E-state index contributed by atoms with van der Waals surface area (Å²) in [7, 11) is 0. The number of piperidine rings is 1. The molecule has 0 bridgehead atoms. The first-order valence-corrected chi connectivity index (χ1v) is 9.53. The number of likely N-dealkylation sites (tertiary alicyclic amines) is 1. The largest absolute Gasteiger partial charge is 0.339 e. The standard InChI is InChI=1S/C21H32N2O2/c1-6-16-12-10-11-15(3)18(16)22-19(24)21(4,5)20(25)23-14-9-8-13-17(23)7-2/h10-12,17H,6-9,13-14H2,1-5H3,(H,22,24). The number of nitrogens with one attached hydrogen (secondary N) is 1. The van der Waals surface area contributed by atoms with Gasteiger partial charge in [-0.05, 0) is 64.0 Å². The maximum atomic E-state index is 13.1. The molecule has 25 heavy (non-hydrogen) atoms. The molecule has 1 saturated heterocycles. The summed E-state index contributed by atoms with van der Waals surface area (Å²) in [4.78, 5) is 28.0. The highest BCUT2D eigenvalue weighted by Crippen LogP contribution is 2.29. The number of nitrogens with zero attached hydrogens (tertiary/aromatic N) is 1. The zero-order chi connectivity index (χ0) is 18.6. The smallest absolute Gasteiger partial charge is 0.239 e. The first-order chi connectivity index (χ1) is 11.8. The van der Waals surface area contributed by atoms with Gasteiger partial charge in [-0.3, -0.25) is 9.59 Å². The van der Waals surface area contributed by atoms with Gasteiger partial charge in [-0.15, -0.1) is 0 Å². The quantitative estimate of drug-likeness (QED) is 0.809. The third-order valence-electron chi connectivity index (χ3n) is 5.44. The fourth-order valence-electron chi connectivity index (χ4n) is 3.62. The first kappa shape index (κ1) is 19.5. The topological polar surface area (TPSA) is 49.4 Å². The van der Waals surface area contributed by atoms with Crippen molar-refractivity contribution < 1.29 is 9.59 Å². The summed E-state index contributed by atoms with van der Waals surface area (Å²) in [5.41, 5.74) is 1.90. The second kappa shape index (κ2) is 8.03. The Morgan fingerprint density at radius 1 is 1.24 bits per heavy atom. The minimum Gasteiger partial charge on any atom is -0.339 e. The van der Waals surface area contributed by atoms with Gasteiger partial charge in [0.25, 0.3) is 0 Å². The number of para-hydroxylation sites is 1. The second-order valence-electron chi connectivity index (χ2n) is 7.60. The number of rotatable bonds is 5. The van der Waals surface area contributed by atoms with Crippen LogP contribution >= 0.6 is 0 Å². The fraction of sp³-hybridized carbons (Fsp3) is 0.619. The van der Waals surface area contributed by atoms with Crippen LogP contribution < -0.4 is 5.32 Å². The van der Waals surface area contributed by atoms with Crippen molar-refractivity contribution in [2.24, 2.45) is 5.41 Å². The lowest BCUT2D eigenvalue weighted by Gasteiger charge is -2.39. The number of benzene rings is 1. The molecule has 1 fully saturated rings. The van der Waals surface area contributed by atoms with Crippen LogP contribution in [0.5, 0.6) is 0 Å². The Morgan fingerprint density at radius 3 is 2.60 bits per heavy atom. The molecule has 1 unspecified atom stereocenters. The summed E-state index contributed by atoms with van der Waals surface area (Å²) in [5, 5.41) is 3.04. The Morgan fingerprint density at radius 2 is 1.96 bits per heavy atom. The molecule has 2 amide bonds. The molecule has 1 heterocycles. The van der Waals surface area contributed by atoms with Crippen LogP contribution in [0.2, 0.25) is 0 Å². The molecule has 0 aromatic heterocycles. The summed E-state index contributed by atoms with van der Waals surface area (Å²) >= 11 is 0. The summed E-state index contributed by atoms with van der Waals surface area (Å²) < 4.78 is 0. The minimum absolute atomic E-state index is 0.0526. The number of aryl methyl sites for hydroxylation is 2. The maximum Gasteiger partial charge on any atom is 0.239 e. The molecular weight excluding hydrogens is 312 g/mol. The molecule has 2 rings (SSSR count). The SMILES string of the molecule is CCc1cccc(C)c1NC(=O)C(C)(C)C(=O)N1CCCCC1CC. The Labute approximate surface area is 152 Å². The van der Waals surface area contributed by atoms with Gasteiger partial charge < -0.3 is 10.2 Å². The van der Waals surface area contributed by atoms with Crippen LogP contribution in [0.1, 0.15) is 64.5 Å². The lowest BCUT2D eigenvalue weighted by molar-refractivity contribution is -0.149. The minimum atomic E-state index is -1.07. The predicted molar refractivity (Wildman–Crippen MR) is 103 cm³/mol. The van der Waals surface area contributed by atoms with Crippen LogP contribution in [-0.4, -0.2) is 29.3 Å². The van der Waals surface area contributed by atoms with Crippen molar-refractivity contribution in [3.05, 3.63) is 29.3 Å². The second-order valence-corrected chi connectivity index (χ2v) is 7.60. The van der Waals surface area contributed by atoms with E-state index in [1.807, 2.05) is 30.0 Å². The zero-order valence-corrected chi connectivity index (χ0v) is 16.3. The van der Waals surface area contributed by atoms with E-state index in [0.29, 0.717) is 0 Å². The third kappa shape index (κ3) is 4.05. The van der Waals surface area contributed by atoms with Crippen molar-refractivity contribution in [3.63, 3.8) is 0 Å². The molecule has 0 saturated carbocycles. The molecule has 1 aliphatic rings. The number of carbonyl (C=O) groups excluding carboxylic acids is 2. The van der Waals surface area contributed by atoms with Gasteiger partial charge in [0, 0.05) is 18.3 Å². The van der Waals surface area contributed by atoms with E-state index in [1.54, 1.807) is 13.8 Å². The lowest BCUT2D eigenvalue weighted by atomic mass is 9.87. The van der Waals surface area contributed by atoms with Gasteiger partial charge in [-0.25, -0.2) is 0 Å². The number of hydrogen-bond acceptors (Lipinski definition) is 2. The molecule has 0 spiro atoms. The van der Waals surface area contributed by atoms with Gasteiger partial charge in [0.1, 0.15) is 5.41 Å². The van der Waals surface area contributed by atoms with Crippen molar-refractivity contribution >= 4 is 17.5 Å². The fourth-order valence-corrected chi connectivity index (χ4v) is 3.62. The molecule has 138 valence electrons. The Kier molecular flexibility index (Phi) is 6.26. The highest BCUT2D eigenvalue weighted by molar-refractivity contribution is 6.10. The van der Waals surface area contributed by atoms with E-state index in [2.05, 4.69) is 19.2 Å². The van der Waals surface area contributed by atoms with E-state index in [0.717, 1.165) is 55.5 Å². The predicted octanol–water partition coefficient (Wildman–Crippen LogP) is 4.31. The number of carbonyl (C=O) groups is 2. The monoisotopic (exact) mass is 344 g/mol. The van der Waals surface area contributed by atoms with E-state index in [4.69, 9.17) is 0 Å². The van der Waals surface area contributed by atoms with Crippen molar-refractivity contribution in [1.29, 1.82) is 0 Å². The molecule has 4 nitrogen and oxygen atoms in total. The summed E-state index contributed by atoms with van der Waals surface area (Å²) in [6, 6.07) is 6.27. The van der Waals surface area contributed by atoms with E-state index in [-0.39, 0.29) is 17.9 Å². The van der Waals surface area contributed by atoms with E-state index in [9.17, 15) is 9.59 Å². The highest BCUT2D eigenvalue weighted by atomic mass is 16.2. The lowest BCUT2D eigenvalue weighted by Crippen LogP contribution is -2.52. The summed E-state index contributed by atoms with van der Waals surface area (Å²) in [6.07, 6.45) is 5.02. The average Bonchev–Trinajstić information content (AvgIpc) is 2.62. The molecule has 1 atom stereocenters. The van der Waals surface area contributed by atoms with Crippen molar-refractivity contribution in [3.8, 4) is 0 Å². The molecule has 1 aromatic carbocycles. The number of hydrogen-bond donors (Lipinski definition) is 1. The van der Waals surface area contributed by atoms with Crippen LogP contribution in [0.4, 0.5) is 5.69 Å². The van der Waals surface area contributed by atoms with Crippen molar-refractivity contribution in [1.82, 2.24) is 4.90 Å². The van der Waals surface area contributed by atoms with Gasteiger partial charge in [0.05, 0.1) is 0 Å².